The van der Waals surface area contributed by atoms with E-state index in [0.29, 0.717) is 17.3 Å². The largest absolute Gasteiger partial charge is 0.314 e. The fraction of sp³-hybridized carbons (Fsp3) is 0.286. The highest BCUT2D eigenvalue weighted by atomic mass is 35.5. The average Bonchev–Trinajstić information content (AvgIpc) is 2.29. The van der Waals surface area contributed by atoms with Crippen LogP contribution in [0, 0.1) is 5.92 Å². The number of fused-ring (bicyclic) bond motifs is 1. The van der Waals surface area contributed by atoms with Gasteiger partial charge in [0.1, 0.15) is 5.84 Å². The highest BCUT2D eigenvalue weighted by molar-refractivity contribution is 6.35. The van der Waals surface area contributed by atoms with Crippen LogP contribution in [0.15, 0.2) is 16.1 Å². The maximum absolute atomic E-state index is 10.9. The Morgan fingerprint density at radius 1 is 1.58 bits per heavy atom. The normalized spacial score (nSPS) is 27.6. The molecule has 4 nitrogen and oxygen atoms in total. The molecule has 1 unspecified atom stereocenters. The average molecular weight is 185 g/mol. The highest BCUT2D eigenvalue weighted by Gasteiger charge is 2.34. The standard InChI is InChI=1S/C7H5ClN2O2/c8-4-2-6(12)10-7-3(4)1-5(11)9-7/h2-3H,1H2,(H,9,10,11,12). The Balaban J connectivity index is 2.38. The zero-order valence-electron chi connectivity index (χ0n) is 6.00. The first-order valence-corrected chi connectivity index (χ1v) is 3.84. The van der Waals surface area contributed by atoms with Crippen LogP contribution in [-0.2, 0) is 9.59 Å². The number of nitrogens with one attached hydrogen (secondary N) is 1. The number of carbonyl (C=O) groups excluding carboxylic acids is 2. The van der Waals surface area contributed by atoms with Crippen LogP contribution in [0.1, 0.15) is 6.42 Å². The number of amidine groups is 1. The van der Waals surface area contributed by atoms with Crippen LogP contribution in [0.3, 0.4) is 0 Å². The van der Waals surface area contributed by atoms with E-state index >= 15 is 0 Å². The summed E-state index contributed by atoms with van der Waals surface area (Å²) in [7, 11) is 0. The fourth-order valence-corrected chi connectivity index (χ4v) is 1.54. The summed E-state index contributed by atoms with van der Waals surface area (Å²) in [5.74, 6) is -0.372. The summed E-state index contributed by atoms with van der Waals surface area (Å²) in [6.45, 7) is 0. The molecule has 2 aliphatic heterocycles. The van der Waals surface area contributed by atoms with Gasteiger partial charge in [-0.2, -0.15) is 4.99 Å². The van der Waals surface area contributed by atoms with Crippen molar-refractivity contribution in [2.75, 3.05) is 0 Å². The number of hydrogen-bond donors (Lipinski definition) is 1. The van der Waals surface area contributed by atoms with E-state index in [1.54, 1.807) is 0 Å². The van der Waals surface area contributed by atoms with Crippen LogP contribution < -0.4 is 5.32 Å². The lowest BCUT2D eigenvalue weighted by molar-refractivity contribution is -0.118. The smallest absolute Gasteiger partial charge is 0.272 e. The van der Waals surface area contributed by atoms with Crippen LogP contribution in [0.4, 0.5) is 0 Å². The second kappa shape index (κ2) is 2.42. The molecular weight excluding hydrogens is 180 g/mol. The molecule has 0 bridgehead atoms. The number of rotatable bonds is 0. The zero-order chi connectivity index (χ0) is 8.72. The second-order valence-electron chi connectivity index (χ2n) is 2.67. The van der Waals surface area contributed by atoms with Gasteiger partial charge in [-0.1, -0.05) is 11.6 Å². The van der Waals surface area contributed by atoms with Crippen molar-refractivity contribution in [3.63, 3.8) is 0 Å². The summed E-state index contributed by atoms with van der Waals surface area (Å²) in [5.41, 5.74) is 0. The van der Waals surface area contributed by atoms with Crippen molar-refractivity contribution >= 4 is 29.3 Å². The van der Waals surface area contributed by atoms with Gasteiger partial charge in [0.25, 0.3) is 5.91 Å². The number of hydrogen-bond acceptors (Lipinski definition) is 2. The Kier molecular flexibility index (Phi) is 1.51. The zero-order valence-corrected chi connectivity index (χ0v) is 6.76. The molecule has 0 aliphatic carbocycles. The van der Waals surface area contributed by atoms with E-state index in [0.717, 1.165) is 0 Å². The van der Waals surface area contributed by atoms with Crippen LogP contribution in [-0.4, -0.2) is 17.6 Å². The molecule has 0 aromatic rings. The monoisotopic (exact) mass is 184 g/mol. The van der Waals surface area contributed by atoms with Crippen molar-refractivity contribution in [1.82, 2.24) is 5.32 Å². The molecule has 62 valence electrons. The molecule has 1 atom stereocenters. The van der Waals surface area contributed by atoms with E-state index in [1.165, 1.54) is 6.08 Å². The van der Waals surface area contributed by atoms with Crippen LogP contribution in [0.5, 0.6) is 0 Å². The second-order valence-corrected chi connectivity index (χ2v) is 3.11. The van der Waals surface area contributed by atoms with E-state index in [9.17, 15) is 9.59 Å². The van der Waals surface area contributed by atoms with E-state index in [4.69, 9.17) is 11.6 Å². The highest BCUT2D eigenvalue weighted by Crippen LogP contribution is 2.27. The molecule has 1 N–H and O–H groups in total. The molecule has 0 aromatic carbocycles. The first-order valence-electron chi connectivity index (χ1n) is 3.46. The minimum absolute atomic E-state index is 0.139. The van der Waals surface area contributed by atoms with Crippen molar-refractivity contribution in [2.24, 2.45) is 10.9 Å². The molecule has 12 heavy (non-hydrogen) atoms. The van der Waals surface area contributed by atoms with E-state index in [2.05, 4.69) is 10.3 Å². The minimum atomic E-state index is -0.409. The number of nitrogens with zero attached hydrogens (tertiary/aromatic N) is 1. The Labute approximate surface area is 73.3 Å². The molecular formula is C7H5ClN2O2. The third-order valence-corrected chi connectivity index (χ3v) is 2.18. The molecule has 0 saturated carbocycles. The predicted molar refractivity (Wildman–Crippen MR) is 42.6 cm³/mol. The van der Waals surface area contributed by atoms with Crippen LogP contribution in [0.2, 0.25) is 0 Å². The quantitative estimate of drug-likeness (QED) is 0.584. The van der Waals surface area contributed by atoms with Gasteiger partial charge in [0.2, 0.25) is 5.91 Å². The summed E-state index contributed by atoms with van der Waals surface area (Å²) in [4.78, 5) is 25.3. The maximum Gasteiger partial charge on any atom is 0.272 e. The van der Waals surface area contributed by atoms with Crippen molar-refractivity contribution in [2.45, 2.75) is 6.42 Å². The third kappa shape index (κ3) is 1.04. The number of aliphatic imine (C=N–C) groups is 1. The van der Waals surface area contributed by atoms with Crippen molar-refractivity contribution in [3.8, 4) is 0 Å². The van der Waals surface area contributed by atoms with Gasteiger partial charge >= 0.3 is 0 Å². The SMILES string of the molecule is O=C1C=C(Cl)C2CC(=O)NC2=N1. The van der Waals surface area contributed by atoms with Gasteiger partial charge in [0.05, 0.1) is 5.92 Å². The first kappa shape index (κ1) is 7.49. The number of dihydropyridines is 1. The summed E-state index contributed by atoms with van der Waals surface area (Å²) < 4.78 is 0. The van der Waals surface area contributed by atoms with Crippen molar-refractivity contribution in [3.05, 3.63) is 11.1 Å². The third-order valence-electron chi connectivity index (χ3n) is 1.81. The number of carbonyl (C=O) groups is 2. The molecule has 5 heteroatoms. The fourth-order valence-electron chi connectivity index (χ4n) is 1.27. The molecule has 1 fully saturated rings. The van der Waals surface area contributed by atoms with Gasteiger partial charge in [-0.25, -0.2) is 0 Å². The summed E-state index contributed by atoms with van der Waals surface area (Å²) in [6.07, 6.45) is 1.54. The first-order chi connectivity index (χ1) is 5.66. The molecule has 2 rings (SSSR count). The minimum Gasteiger partial charge on any atom is -0.314 e. The molecule has 1 saturated heterocycles. The lowest BCUT2D eigenvalue weighted by Crippen LogP contribution is -2.26. The van der Waals surface area contributed by atoms with Gasteiger partial charge in [-0.3, -0.25) is 9.59 Å². The van der Waals surface area contributed by atoms with Gasteiger partial charge in [-0.15, -0.1) is 0 Å². The maximum atomic E-state index is 10.9. The molecule has 2 aliphatic rings. The van der Waals surface area contributed by atoms with E-state index in [1.807, 2.05) is 0 Å². The van der Waals surface area contributed by atoms with Gasteiger partial charge in [0, 0.05) is 17.5 Å². The van der Waals surface area contributed by atoms with Gasteiger partial charge in [-0.05, 0) is 0 Å². The Morgan fingerprint density at radius 3 is 3.08 bits per heavy atom. The molecule has 0 radical (unpaired) electrons. The summed E-state index contributed by atoms with van der Waals surface area (Å²) >= 11 is 5.75. The van der Waals surface area contributed by atoms with E-state index < -0.39 is 5.91 Å². The van der Waals surface area contributed by atoms with Gasteiger partial charge in [0.15, 0.2) is 0 Å². The topological polar surface area (TPSA) is 58.5 Å². The molecule has 0 spiro atoms. The lowest BCUT2D eigenvalue weighted by Gasteiger charge is -2.10. The molecule has 0 aromatic heterocycles. The van der Waals surface area contributed by atoms with Crippen molar-refractivity contribution < 1.29 is 9.59 Å². The molecule has 2 amide bonds. The predicted octanol–water partition coefficient (Wildman–Crippen LogP) is 0.184. The Bertz CT molecular complexity index is 332. The lowest BCUT2D eigenvalue weighted by atomic mass is 10.1. The Morgan fingerprint density at radius 2 is 2.33 bits per heavy atom. The number of amides is 2. The van der Waals surface area contributed by atoms with E-state index in [-0.39, 0.29) is 11.8 Å². The summed E-state index contributed by atoms with van der Waals surface area (Å²) in [5, 5.41) is 2.87. The summed E-state index contributed by atoms with van der Waals surface area (Å²) in [6, 6.07) is 0. The van der Waals surface area contributed by atoms with Crippen molar-refractivity contribution in [1.29, 1.82) is 0 Å². The molecule has 2 heterocycles. The van der Waals surface area contributed by atoms with Crippen LogP contribution >= 0.6 is 11.6 Å². The number of halogens is 1. The van der Waals surface area contributed by atoms with Crippen LogP contribution in [0.25, 0.3) is 0 Å². The van der Waals surface area contributed by atoms with Gasteiger partial charge < -0.3 is 5.32 Å². The Hall–Kier alpha value is -1.16.